The molecule has 6 nitrogen and oxygen atoms in total. The van der Waals surface area contributed by atoms with Crippen LogP contribution in [0, 0.1) is 0 Å². The Labute approximate surface area is 114 Å². The van der Waals surface area contributed by atoms with Gasteiger partial charge >= 0.3 is 0 Å². The molecule has 2 aromatic heterocycles. The van der Waals surface area contributed by atoms with Crippen LogP contribution in [0.4, 0.5) is 5.13 Å². The van der Waals surface area contributed by atoms with Crippen LogP contribution in [0.1, 0.15) is 23.6 Å². The van der Waals surface area contributed by atoms with Gasteiger partial charge in [0.1, 0.15) is 5.69 Å². The van der Waals surface area contributed by atoms with Gasteiger partial charge in [0.25, 0.3) is 0 Å². The second-order valence-corrected chi connectivity index (χ2v) is 4.44. The van der Waals surface area contributed by atoms with E-state index in [9.17, 15) is 4.79 Å². The first-order valence-electron chi connectivity index (χ1n) is 5.11. The Morgan fingerprint density at radius 1 is 1.33 bits per heavy atom. The Morgan fingerprint density at radius 2 is 1.94 bits per heavy atom. The van der Waals surface area contributed by atoms with Gasteiger partial charge in [-0.15, -0.1) is 21.5 Å². The Morgan fingerprint density at radius 3 is 2.33 bits per heavy atom. The number of nitrogens with zero attached hydrogens (tertiary/aromatic N) is 3. The fraction of sp³-hybridized carbons (Fsp3) is 0.400. The third-order valence-corrected chi connectivity index (χ3v) is 2.83. The zero-order chi connectivity index (χ0) is 14.0. The summed E-state index contributed by atoms with van der Waals surface area (Å²) in [5, 5.41) is 10.7. The summed E-state index contributed by atoms with van der Waals surface area (Å²) < 4.78 is 4.25. The molecular weight excluding hydrogens is 272 g/mol. The molecule has 8 heteroatoms. The van der Waals surface area contributed by atoms with Gasteiger partial charge in [0.15, 0.2) is 21.4 Å². The Balaban J connectivity index is 0.000000509. The number of carbonyl (C=O) groups excluding carboxylic acids is 1. The lowest BCUT2D eigenvalue weighted by Gasteiger charge is -1.82. The van der Waals surface area contributed by atoms with Crippen LogP contribution in [0.2, 0.25) is 0 Å². The molecule has 0 saturated heterocycles. The third kappa shape index (κ3) is 5.30. The molecule has 0 spiro atoms. The first-order valence-corrected chi connectivity index (χ1v) is 6.81. The first kappa shape index (κ1) is 16.6. The smallest absolute Gasteiger partial charge is 0.180 e. The van der Waals surface area contributed by atoms with Gasteiger partial charge in [-0.05, 0) is 0 Å². The number of hydrogen-bond donors (Lipinski definition) is 1. The minimum absolute atomic E-state index is 0.349. The lowest BCUT2D eigenvalue weighted by Crippen LogP contribution is -1.82. The van der Waals surface area contributed by atoms with E-state index < -0.39 is 0 Å². The van der Waals surface area contributed by atoms with Crippen molar-refractivity contribution in [3.8, 4) is 10.7 Å². The average Bonchev–Trinajstić information content (AvgIpc) is 3.01. The summed E-state index contributed by atoms with van der Waals surface area (Å²) in [6.07, 6.45) is 0.664. The standard InChI is InChI=1S/C6H4N4OS2.C2H6O.C2H6/c7-6-8-3(2-12-6)5-10-9-4(1-11)13-5;1-3-2;1-2/h1-2H,(H2,7,8);1-2H3;1-2H3. The predicted molar refractivity (Wildman–Crippen MR) is 75.1 cm³/mol. The van der Waals surface area contributed by atoms with Crippen LogP contribution in [-0.4, -0.2) is 35.7 Å². The van der Waals surface area contributed by atoms with E-state index in [1.807, 2.05) is 13.8 Å². The summed E-state index contributed by atoms with van der Waals surface area (Å²) >= 11 is 2.53. The number of nitrogens with two attached hydrogens (primary N) is 1. The van der Waals surface area contributed by atoms with Crippen molar-refractivity contribution in [2.24, 2.45) is 0 Å². The largest absolute Gasteiger partial charge is 0.388 e. The maximum atomic E-state index is 10.3. The molecule has 0 bridgehead atoms. The number of rotatable bonds is 2. The number of thiazole rings is 1. The van der Waals surface area contributed by atoms with Crippen molar-refractivity contribution in [1.29, 1.82) is 0 Å². The molecule has 0 aliphatic heterocycles. The Hall–Kier alpha value is -1.38. The second kappa shape index (κ2) is 9.63. The molecule has 18 heavy (non-hydrogen) atoms. The summed E-state index contributed by atoms with van der Waals surface area (Å²) in [6.45, 7) is 4.00. The van der Waals surface area contributed by atoms with E-state index in [1.165, 1.54) is 22.7 Å². The van der Waals surface area contributed by atoms with Gasteiger partial charge in [-0.25, -0.2) is 4.98 Å². The molecule has 0 amide bonds. The first-order chi connectivity index (χ1) is 8.71. The number of carbonyl (C=O) groups is 1. The molecule has 2 aromatic rings. The monoisotopic (exact) mass is 288 g/mol. The molecule has 0 unspecified atom stereocenters. The van der Waals surface area contributed by atoms with E-state index in [0.29, 0.717) is 27.1 Å². The minimum Gasteiger partial charge on any atom is -0.388 e. The number of hydrogen-bond acceptors (Lipinski definition) is 8. The lowest BCUT2D eigenvalue weighted by molar-refractivity contribution is 0.112. The van der Waals surface area contributed by atoms with Gasteiger partial charge in [-0.3, -0.25) is 4.79 Å². The number of nitrogen functional groups attached to an aromatic ring is 1. The van der Waals surface area contributed by atoms with Crippen molar-refractivity contribution in [1.82, 2.24) is 15.2 Å². The molecule has 100 valence electrons. The van der Waals surface area contributed by atoms with Gasteiger partial charge in [-0.1, -0.05) is 25.2 Å². The van der Waals surface area contributed by atoms with Crippen LogP contribution < -0.4 is 5.73 Å². The molecule has 0 saturated carbocycles. The van der Waals surface area contributed by atoms with Crippen LogP contribution in [0.3, 0.4) is 0 Å². The molecule has 0 aliphatic rings. The molecule has 0 radical (unpaired) electrons. The summed E-state index contributed by atoms with van der Waals surface area (Å²) in [5.41, 5.74) is 6.12. The maximum absolute atomic E-state index is 10.3. The molecule has 0 fully saturated rings. The molecule has 0 aromatic carbocycles. The SMILES string of the molecule is CC.COC.Nc1nc(-c2nnc(C=O)s2)cs1. The van der Waals surface area contributed by atoms with Crippen LogP contribution in [0.15, 0.2) is 5.38 Å². The fourth-order valence-electron chi connectivity index (χ4n) is 0.772. The predicted octanol–water partition coefficient (Wildman–Crippen LogP) is 2.35. The number of aldehydes is 1. The summed E-state index contributed by atoms with van der Waals surface area (Å²) in [6, 6.07) is 0. The van der Waals surface area contributed by atoms with Crippen molar-refractivity contribution in [2.75, 3.05) is 20.0 Å². The number of anilines is 1. The highest BCUT2D eigenvalue weighted by atomic mass is 32.1. The molecule has 0 atom stereocenters. The van der Waals surface area contributed by atoms with Crippen LogP contribution in [0.5, 0.6) is 0 Å². The summed E-state index contributed by atoms with van der Waals surface area (Å²) in [5.74, 6) is 0. The molecule has 2 rings (SSSR count). The van der Waals surface area contributed by atoms with E-state index in [2.05, 4.69) is 19.9 Å². The van der Waals surface area contributed by atoms with E-state index in [1.54, 1.807) is 19.6 Å². The minimum atomic E-state index is 0.349. The quantitative estimate of drug-likeness (QED) is 0.853. The van der Waals surface area contributed by atoms with Crippen molar-refractivity contribution < 1.29 is 9.53 Å². The second-order valence-electron chi connectivity index (χ2n) is 2.54. The molecule has 2 heterocycles. The van der Waals surface area contributed by atoms with E-state index in [4.69, 9.17) is 5.73 Å². The highest BCUT2D eigenvalue weighted by Crippen LogP contribution is 2.25. The van der Waals surface area contributed by atoms with Gasteiger partial charge in [0.2, 0.25) is 0 Å². The summed E-state index contributed by atoms with van der Waals surface area (Å²) in [4.78, 5) is 14.3. The van der Waals surface area contributed by atoms with Crippen LogP contribution in [0.25, 0.3) is 10.7 Å². The van der Waals surface area contributed by atoms with Gasteiger partial charge in [-0.2, -0.15) is 0 Å². The van der Waals surface area contributed by atoms with Crippen LogP contribution >= 0.6 is 22.7 Å². The number of ether oxygens (including phenoxy) is 1. The third-order valence-electron chi connectivity index (χ3n) is 1.28. The number of aromatic nitrogens is 3. The summed E-state index contributed by atoms with van der Waals surface area (Å²) in [7, 11) is 3.25. The number of methoxy groups -OCH3 is 1. The van der Waals surface area contributed by atoms with E-state index in [-0.39, 0.29) is 0 Å². The zero-order valence-electron chi connectivity index (χ0n) is 10.7. The van der Waals surface area contributed by atoms with Crippen molar-refractivity contribution in [3.05, 3.63) is 10.4 Å². The van der Waals surface area contributed by atoms with Crippen molar-refractivity contribution in [3.63, 3.8) is 0 Å². The molecular formula is C10H16N4O2S2. The molecule has 2 N–H and O–H groups in total. The topological polar surface area (TPSA) is 91.0 Å². The Kier molecular flexibility index (Phi) is 8.89. The Bertz CT molecular complexity index is 456. The maximum Gasteiger partial charge on any atom is 0.180 e. The van der Waals surface area contributed by atoms with Crippen molar-refractivity contribution in [2.45, 2.75) is 13.8 Å². The molecule has 0 aliphatic carbocycles. The van der Waals surface area contributed by atoms with Crippen molar-refractivity contribution >= 4 is 34.1 Å². The van der Waals surface area contributed by atoms with E-state index in [0.717, 1.165) is 0 Å². The average molecular weight is 288 g/mol. The zero-order valence-corrected chi connectivity index (χ0v) is 12.3. The van der Waals surface area contributed by atoms with Gasteiger partial charge < -0.3 is 10.5 Å². The lowest BCUT2D eigenvalue weighted by atomic mass is 10.5. The van der Waals surface area contributed by atoms with E-state index >= 15 is 0 Å². The normalized spacial score (nSPS) is 8.67. The fourth-order valence-corrected chi connectivity index (χ4v) is 2.01. The van der Waals surface area contributed by atoms with Gasteiger partial charge in [0.05, 0.1) is 0 Å². The van der Waals surface area contributed by atoms with Gasteiger partial charge in [0, 0.05) is 19.6 Å². The van der Waals surface area contributed by atoms with Crippen LogP contribution in [-0.2, 0) is 4.74 Å². The highest BCUT2D eigenvalue weighted by molar-refractivity contribution is 7.17. The highest BCUT2D eigenvalue weighted by Gasteiger charge is 2.08.